The lowest BCUT2D eigenvalue weighted by molar-refractivity contribution is -0.143. The number of aliphatic carboxylic acids is 1. The van der Waals surface area contributed by atoms with Crippen molar-refractivity contribution in [1.29, 1.82) is 0 Å². The molecule has 0 aromatic heterocycles. The number of fused-ring (bicyclic) bond motifs is 1. The van der Waals surface area contributed by atoms with Crippen molar-refractivity contribution in [2.24, 2.45) is 5.92 Å². The Kier molecular flexibility index (Phi) is 11.0. The number of hydrogen-bond acceptors (Lipinski definition) is 8. The molecule has 0 aliphatic carbocycles. The first-order chi connectivity index (χ1) is 20.2. The Morgan fingerprint density at radius 1 is 0.952 bits per heavy atom. The fraction of sp³-hybridized carbons (Fsp3) is 0.581. The first-order valence-electron chi connectivity index (χ1n) is 14.8. The SMILES string of the molecule is CCCCCCS(=O)(=O)N(CCC)CCN1CC(c2ccc3c(c2)OCO3)C(C(=O)O)C1c1ccc(OC)c(OC)c1. The predicted molar refractivity (Wildman–Crippen MR) is 160 cm³/mol. The van der Waals surface area contributed by atoms with Crippen LogP contribution in [0.5, 0.6) is 23.0 Å². The van der Waals surface area contributed by atoms with E-state index in [1.54, 1.807) is 24.6 Å². The van der Waals surface area contributed by atoms with Gasteiger partial charge in [0, 0.05) is 38.1 Å². The Balaban J connectivity index is 1.66. The molecule has 232 valence electrons. The van der Waals surface area contributed by atoms with Crippen molar-refractivity contribution in [3.8, 4) is 23.0 Å². The average molecular weight is 605 g/mol. The van der Waals surface area contributed by atoms with E-state index in [0.717, 1.165) is 30.4 Å². The van der Waals surface area contributed by atoms with Crippen molar-refractivity contribution in [1.82, 2.24) is 9.21 Å². The number of hydrogen-bond donors (Lipinski definition) is 1. The highest BCUT2D eigenvalue weighted by Gasteiger charge is 2.48. The largest absolute Gasteiger partial charge is 0.493 e. The van der Waals surface area contributed by atoms with Crippen LogP contribution in [0.2, 0.25) is 0 Å². The van der Waals surface area contributed by atoms with Crippen LogP contribution in [0.15, 0.2) is 36.4 Å². The molecule has 1 N–H and O–H groups in total. The maximum atomic E-state index is 13.3. The minimum absolute atomic E-state index is 0.129. The second-order valence-corrected chi connectivity index (χ2v) is 13.0. The third kappa shape index (κ3) is 7.12. The third-order valence-corrected chi connectivity index (χ3v) is 10.2. The number of benzene rings is 2. The van der Waals surface area contributed by atoms with Crippen molar-refractivity contribution in [3.63, 3.8) is 0 Å². The van der Waals surface area contributed by atoms with Crippen LogP contribution in [0.1, 0.15) is 69.0 Å². The van der Waals surface area contributed by atoms with E-state index in [2.05, 4.69) is 11.8 Å². The summed E-state index contributed by atoms with van der Waals surface area (Å²) in [5.41, 5.74) is 1.61. The zero-order chi connectivity index (χ0) is 30.3. The van der Waals surface area contributed by atoms with E-state index >= 15 is 0 Å². The van der Waals surface area contributed by atoms with E-state index < -0.39 is 28.0 Å². The second-order valence-electron chi connectivity index (χ2n) is 10.9. The standard InChI is InChI=1S/C31H44N2O8S/c1-5-7-8-9-17-42(36,37)33(14-6-2)16-15-32-20-24(22-10-13-26-28(18-22)41-21-40-26)29(31(34)35)30(32)23-11-12-25(38-3)27(19-23)39-4/h10-13,18-19,24,29-30H,5-9,14-17,20-21H2,1-4H3,(H,34,35). The lowest BCUT2D eigenvalue weighted by Crippen LogP contribution is -2.40. The second kappa shape index (κ2) is 14.4. The van der Waals surface area contributed by atoms with Crippen LogP contribution in [0.25, 0.3) is 0 Å². The number of nitrogens with zero attached hydrogens (tertiary/aromatic N) is 2. The van der Waals surface area contributed by atoms with E-state index in [9.17, 15) is 18.3 Å². The molecule has 0 spiro atoms. The molecule has 0 saturated carbocycles. The van der Waals surface area contributed by atoms with E-state index in [-0.39, 0.29) is 25.0 Å². The summed E-state index contributed by atoms with van der Waals surface area (Å²) < 4.78 is 50.3. The van der Waals surface area contributed by atoms with E-state index in [4.69, 9.17) is 18.9 Å². The van der Waals surface area contributed by atoms with Gasteiger partial charge in [0.2, 0.25) is 16.8 Å². The number of sulfonamides is 1. The molecule has 11 heteroatoms. The molecule has 3 unspecified atom stereocenters. The first-order valence-corrected chi connectivity index (χ1v) is 16.4. The summed E-state index contributed by atoms with van der Waals surface area (Å²) in [5.74, 6) is 0.338. The lowest BCUT2D eigenvalue weighted by atomic mass is 9.82. The zero-order valence-corrected chi connectivity index (χ0v) is 25.9. The molecule has 1 fully saturated rings. The number of carbonyl (C=O) groups is 1. The highest BCUT2D eigenvalue weighted by Crippen LogP contribution is 2.48. The van der Waals surface area contributed by atoms with E-state index in [1.165, 1.54) is 0 Å². The molecule has 10 nitrogen and oxygen atoms in total. The molecule has 0 radical (unpaired) electrons. The van der Waals surface area contributed by atoms with Gasteiger partial charge in [-0.15, -0.1) is 0 Å². The monoisotopic (exact) mass is 604 g/mol. The average Bonchev–Trinajstić information content (AvgIpc) is 3.61. The Morgan fingerprint density at radius 3 is 2.38 bits per heavy atom. The van der Waals surface area contributed by atoms with Crippen LogP contribution in [0.3, 0.4) is 0 Å². The third-order valence-electron chi connectivity index (χ3n) is 8.22. The number of carboxylic acid groups (broad SMARTS) is 1. The fourth-order valence-corrected chi connectivity index (χ4v) is 7.74. The summed E-state index contributed by atoms with van der Waals surface area (Å²) in [7, 11) is -0.334. The summed E-state index contributed by atoms with van der Waals surface area (Å²) in [4.78, 5) is 15.1. The van der Waals surface area contributed by atoms with Crippen molar-refractivity contribution in [3.05, 3.63) is 47.5 Å². The molecule has 2 aliphatic heterocycles. The Labute approximate surface area is 249 Å². The molecular weight excluding hydrogens is 560 g/mol. The van der Waals surface area contributed by atoms with Crippen LogP contribution in [-0.2, 0) is 14.8 Å². The van der Waals surface area contributed by atoms with Crippen LogP contribution in [0.4, 0.5) is 0 Å². The van der Waals surface area contributed by atoms with Gasteiger partial charge in [-0.2, -0.15) is 0 Å². The molecule has 42 heavy (non-hydrogen) atoms. The van der Waals surface area contributed by atoms with Crippen molar-refractivity contribution >= 4 is 16.0 Å². The number of methoxy groups -OCH3 is 2. The van der Waals surface area contributed by atoms with Gasteiger partial charge in [-0.3, -0.25) is 9.69 Å². The summed E-state index contributed by atoms with van der Waals surface area (Å²) in [5, 5.41) is 10.6. The Hall–Kier alpha value is -3.02. The maximum Gasteiger partial charge on any atom is 0.309 e. The van der Waals surface area contributed by atoms with Gasteiger partial charge in [-0.1, -0.05) is 45.2 Å². The molecule has 2 aromatic carbocycles. The minimum Gasteiger partial charge on any atom is -0.493 e. The van der Waals surface area contributed by atoms with Crippen LogP contribution in [0, 0.1) is 5.92 Å². The maximum absolute atomic E-state index is 13.3. The number of rotatable bonds is 16. The van der Waals surface area contributed by atoms with Crippen molar-refractivity contribution < 1.29 is 37.3 Å². The molecule has 2 aromatic rings. The minimum atomic E-state index is -3.44. The zero-order valence-electron chi connectivity index (χ0n) is 25.1. The first kappa shape index (κ1) is 31.9. The Morgan fingerprint density at radius 2 is 1.69 bits per heavy atom. The molecular formula is C31H44N2O8S. The lowest BCUT2D eigenvalue weighted by Gasteiger charge is -2.30. The number of ether oxygens (including phenoxy) is 4. The van der Waals surface area contributed by atoms with Gasteiger partial charge >= 0.3 is 5.97 Å². The van der Waals surface area contributed by atoms with Gasteiger partial charge in [0.1, 0.15) is 0 Å². The summed E-state index contributed by atoms with van der Waals surface area (Å²) in [6.45, 7) is 5.74. The summed E-state index contributed by atoms with van der Waals surface area (Å²) >= 11 is 0. The normalized spacial score (nSPS) is 20.3. The van der Waals surface area contributed by atoms with E-state index in [1.807, 2.05) is 37.3 Å². The fourth-order valence-electron chi connectivity index (χ4n) is 6.10. The molecule has 4 rings (SSSR count). The summed E-state index contributed by atoms with van der Waals surface area (Å²) in [6.07, 6.45) is 4.29. The Bertz CT molecular complexity index is 1320. The molecule has 1 saturated heterocycles. The van der Waals surface area contributed by atoms with Crippen molar-refractivity contribution in [2.75, 3.05) is 52.9 Å². The van der Waals surface area contributed by atoms with Gasteiger partial charge in [-0.25, -0.2) is 12.7 Å². The van der Waals surface area contributed by atoms with Crippen LogP contribution >= 0.6 is 0 Å². The van der Waals surface area contributed by atoms with Crippen LogP contribution < -0.4 is 18.9 Å². The quantitative estimate of drug-likeness (QED) is 0.267. The smallest absolute Gasteiger partial charge is 0.309 e. The molecule has 3 atom stereocenters. The van der Waals surface area contributed by atoms with Crippen molar-refractivity contribution in [2.45, 2.75) is 57.9 Å². The molecule has 0 amide bonds. The molecule has 0 bridgehead atoms. The highest BCUT2D eigenvalue weighted by molar-refractivity contribution is 7.89. The van der Waals surface area contributed by atoms with Gasteiger partial charge in [0.15, 0.2) is 23.0 Å². The topological polar surface area (TPSA) is 115 Å². The van der Waals surface area contributed by atoms with Crippen LogP contribution in [-0.4, -0.2) is 81.6 Å². The van der Waals surface area contributed by atoms with Gasteiger partial charge < -0.3 is 24.1 Å². The van der Waals surface area contributed by atoms with Gasteiger partial charge in [-0.05, 0) is 48.2 Å². The highest BCUT2D eigenvalue weighted by atomic mass is 32.2. The van der Waals surface area contributed by atoms with Gasteiger partial charge in [0.25, 0.3) is 0 Å². The van der Waals surface area contributed by atoms with Gasteiger partial charge in [0.05, 0.1) is 25.9 Å². The molecule has 2 aliphatic rings. The number of unbranched alkanes of at least 4 members (excludes halogenated alkanes) is 3. The number of likely N-dealkylation sites (tertiary alicyclic amines) is 1. The number of carboxylic acids is 1. The molecule has 2 heterocycles. The predicted octanol–water partition coefficient (Wildman–Crippen LogP) is 4.90. The summed E-state index contributed by atoms with van der Waals surface area (Å²) in [6, 6.07) is 10.5. The van der Waals surface area contributed by atoms with E-state index in [0.29, 0.717) is 55.5 Å².